The van der Waals surface area contributed by atoms with Gasteiger partial charge in [0, 0.05) is 22.5 Å². The van der Waals surface area contributed by atoms with Gasteiger partial charge in [-0.05, 0) is 78.9 Å². The summed E-state index contributed by atoms with van der Waals surface area (Å²) in [5.74, 6) is -2.95. The highest BCUT2D eigenvalue weighted by atomic mass is 35.5. The molecule has 0 fully saturated rings. The summed E-state index contributed by atoms with van der Waals surface area (Å²) in [6.07, 6.45) is 0. The van der Waals surface area contributed by atoms with Gasteiger partial charge in [-0.3, -0.25) is 4.72 Å². The van der Waals surface area contributed by atoms with Crippen LogP contribution >= 0.6 is 11.6 Å². The molecule has 0 saturated carbocycles. The molecular formula is C25H17ClF2N2O5S. The van der Waals surface area contributed by atoms with Gasteiger partial charge in [0.2, 0.25) is 0 Å². The van der Waals surface area contributed by atoms with E-state index in [1.807, 2.05) is 0 Å². The second-order valence-electron chi connectivity index (χ2n) is 7.45. The van der Waals surface area contributed by atoms with Crippen LogP contribution in [0.3, 0.4) is 0 Å². The molecule has 0 saturated heterocycles. The van der Waals surface area contributed by atoms with E-state index < -0.39 is 27.6 Å². The fourth-order valence-corrected chi connectivity index (χ4v) is 4.34. The standard InChI is InChI=1S/C25H17ClF2N2O5S/c26-15-1-3-16(4-2-15)30-36(33,34)20-9-6-18(7-10-20)35-19-8-12-24(21(14-19)25(31)32)29-17-5-11-22(27)23(28)13-17/h1-14,29-30H,(H,31,32). The molecule has 11 heteroatoms. The number of hydrogen-bond donors (Lipinski definition) is 3. The number of rotatable bonds is 8. The lowest BCUT2D eigenvalue weighted by Gasteiger charge is -2.13. The normalized spacial score (nSPS) is 11.1. The molecule has 0 unspecified atom stereocenters. The Bertz CT molecular complexity index is 1530. The van der Waals surface area contributed by atoms with Crippen LogP contribution in [0.25, 0.3) is 0 Å². The lowest BCUT2D eigenvalue weighted by atomic mass is 10.1. The zero-order valence-electron chi connectivity index (χ0n) is 18.2. The van der Waals surface area contributed by atoms with E-state index >= 15 is 0 Å². The van der Waals surface area contributed by atoms with E-state index in [9.17, 15) is 27.1 Å². The highest BCUT2D eigenvalue weighted by Crippen LogP contribution is 2.30. The molecule has 3 N–H and O–H groups in total. The first-order chi connectivity index (χ1) is 17.1. The third-order valence-electron chi connectivity index (χ3n) is 4.89. The van der Waals surface area contributed by atoms with Gasteiger partial charge in [-0.2, -0.15) is 0 Å². The van der Waals surface area contributed by atoms with Gasteiger partial charge in [0.05, 0.1) is 16.1 Å². The Kier molecular flexibility index (Phi) is 7.09. The summed E-state index contributed by atoms with van der Waals surface area (Å²) in [5.41, 5.74) is 0.464. The van der Waals surface area contributed by atoms with Crippen LogP contribution in [-0.2, 0) is 10.0 Å². The average molecular weight is 531 g/mol. The monoisotopic (exact) mass is 530 g/mol. The molecule has 7 nitrogen and oxygen atoms in total. The Labute approximate surface area is 210 Å². The summed E-state index contributed by atoms with van der Waals surface area (Å²) in [4.78, 5) is 11.7. The fourth-order valence-electron chi connectivity index (χ4n) is 3.16. The molecule has 184 valence electrons. The number of benzene rings is 4. The van der Waals surface area contributed by atoms with Gasteiger partial charge >= 0.3 is 5.97 Å². The second-order valence-corrected chi connectivity index (χ2v) is 9.57. The van der Waals surface area contributed by atoms with Crippen LogP contribution in [0.5, 0.6) is 11.5 Å². The van der Waals surface area contributed by atoms with E-state index in [4.69, 9.17) is 16.3 Å². The predicted octanol–water partition coefficient (Wildman–Crippen LogP) is 6.65. The molecule has 36 heavy (non-hydrogen) atoms. The minimum Gasteiger partial charge on any atom is -0.478 e. The molecule has 0 aliphatic rings. The van der Waals surface area contributed by atoms with Gasteiger partial charge in [-0.25, -0.2) is 22.0 Å². The Morgan fingerprint density at radius 1 is 0.806 bits per heavy atom. The number of nitrogens with one attached hydrogen (secondary N) is 2. The van der Waals surface area contributed by atoms with Crippen LogP contribution in [0.4, 0.5) is 25.8 Å². The Morgan fingerprint density at radius 2 is 1.44 bits per heavy atom. The molecule has 0 atom stereocenters. The van der Waals surface area contributed by atoms with Gasteiger partial charge in [0.25, 0.3) is 10.0 Å². The number of aromatic carboxylic acids is 1. The summed E-state index contributed by atoms with van der Waals surface area (Å²) in [5, 5.41) is 12.8. The summed E-state index contributed by atoms with van der Waals surface area (Å²) in [6, 6.07) is 18.9. The van der Waals surface area contributed by atoms with Crippen molar-refractivity contribution in [1.29, 1.82) is 0 Å². The maximum absolute atomic E-state index is 13.5. The molecule has 0 bridgehead atoms. The van der Waals surface area contributed by atoms with Crippen molar-refractivity contribution in [3.63, 3.8) is 0 Å². The predicted molar refractivity (Wildman–Crippen MR) is 132 cm³/mol. The Morgan fingerprint density at radius 3 is 2.08 bits per heavy atom. The molecule has 0 radical (unpaired) electrons. The molecule has 4 aromatic carbocycles. The highest BCUT2D eigenvalue weighted by molar-refractivity contribution is 7.92. The van der Waals surface area contributed by atoms with Crippen molar-refractivity contribution in [2.75, 3.05) is 10.0 Å². The molecule has 0 aromatic heterocycles. The summed E-state index contributed by atoms with van der Waals surface area (Å²) < 4.78 is 59.9. The zero-order valence-corrected chi connectivity index (χ0v) is 19.8. The number of carbonyl (C=O) groups is 1. The maximum Gasteiger partial charge on any atom is 0.337 e. The van der Waals surface area contributed by atoms with E-state index in [0.717, 1.165) is 12.1 Å². The van der Waals surface area contributed by atoms with E-state index in [-0.39, 0.29) is 33.3 Å². The van der Waals surface area contributed by atoms with Crippen LogP contribution < -0.4 is 14.8 Å². The van der Waals surface area contributed by atoms with Crippen molar-refractivity contribution in [1.82, 2.24) is 0 Å². The molecule has 0 spiro atoms. The van der Waals surface area contributed by atoms with Crippen LogP contribution in [-0.4, -0.2) is 19.5 Å². The van der Waals surface area contributed by atoms with E-state index in [0.29, 0.717) is 10.7 Å². The lowest BCUT2D eigenvalue weighted by molar-refractivity contribution is 0.0697. The number of hydrogen-bond acceptors (Lipinski definition) is 5. The molecule has 4 rings (SSSR count). The van der Waals surface area contributed by atoms with Crippen molar-refractivity contribution in [2.24, 2.45) is 0 Å². The molecular weight excluding hydrogens is 514 g/mol. The molecule has 0 aliphatic carbocycles. The summed E-state index contributed by atoms with van der Waals surface area (Å²) >= 11 is 5.81. The molecule has 4 aromatic rings. The van der Waals surface area contributed by atoms with Gasteiger partial charge in [-0.15, -0.1) is 0 Å². The topological polar surface area (TPSA) is 105 Å². The SMILES string of the molecule is O=C(O)c1cc(Oc2ccc(S(=O)(=O)Nc3ccc(Cl)cc3)cc2)ccc1Nc1ccc(F)c(F)c1. The number of halogens is 3. The third kappa shape index (κ3) is 5.91. The van der Waals surface area contributed by atoms with Crippen LogP contribution in [0.2, 0.25) is 5.02 Å². The van der Waals surface area contributed by atoms with Crippen molar-refractivity contribution in [3.05, 3.63) is 107 Å². The van der Waals surface area contributed by atoms with Crippen LogP contribution in [0.1, 0.15) is 10.4 Å². The lowest BCUT2D eigenvalue weighted by Crippen LogP contribution is -2.12. The number of anilines is 3. The van der Waals surface area contributed by atoms with Gasteiger partial charge in [0.15, 0.2) is 11.6 Å². The van der Waals surface area contributed by atoms with Gasteiger partial charge < -0.3 is 15.2 Å². The molecule has 0 amide bonds. The maximum atomic E-state index is 13.5. The van der Waals surface area contributed by atoms with Crippen molar-refractivity contribution in [2.45, 2.75) is 4.90 Å². The Hall–Kier alpha value is -4.15. The van der Waals surface area contributed by atoms with Gasteiger partial charge in [0.1, 0.15) is 11.5 Å². The zero-order chi connectivity index (χ0) is 25.9. The second kappa shape index (κ2) is 10.2. The fraction of sp³-hybridized carbons (Fsp3) is 0. The van der Waals surface area contributed by atoms with E-state index in [1.165, 1.54) is 60.7 Å². The minimum absolute atomic E-state index is 0.0119. The van der Waals surface area contributed by atoms with E-state index in [2.05, 4.69) is 10.0 Å². The first-order valence-corrected chi connectivity index (χ1v) is 12.1. The first-order valence-electron chi connectivity index (χ1n) is 10.3. The highest BCUT2D eigenvalue weighted by Gasteiger charge is 2.16. The third-order valence-corrected chi connectivity index (χ3v) is 6.54. The number of sulfonamides is 1. The largest absolute Gasteiger partial charge is 0.478 e. The van der Waals surface area contributed by atoms with Crippen molar-refractivity contribution < 1.29 is 31.8 Å². The molecule has 0 aliphatic heterocycles. The molecule has 0 heterocycles. The quantitative estimate of drug-likeness (QED) is 0.235. The summed E-state index contributed by atoms with van der Waals surface area (Å²) in [7, 11) is -3.86. The van der Waals surface area contributed by atoms with Crippen LogP contribution in [0, 0.1) is 11.6 Å². The van der Waals surface area contributed by atoms with Crippen LogP contribution in [0.15, 0.2) is 89.8 Å². The number of ether oxygens (including phenoxy) is 1. The van der Waals surface area contributed by atoms with Crippen molar-refractivity contribution >= 4 is 44.7 Å². The smallest absolute Gasteiger partial charge is 0.337 e. The average Bonchev–Trinajstić information content (AvgIpc) is 2.84. The summed E-state index contributed by atoms with van der Waals surface area (Å²) in [6.45, 7) is 0. The minimum atomic E-state index is -3.86. The van der Waals surface area contributed by atoms with E-state index in [1.54, 1.807) is 12.1 Å². The first kappa shape index (κ1) is 25.0. The number of carboxylic acids is 1. The van der Waals surface area contributed by atoms with Gasteiger partial charge in [-0.1, -0.05) is 11.6 Å². The Balaban J connectivity index is 1.50. The number of carboxylic acid groups (broad SMARTS) is 1. The van der Waals surface area contributed by atoms with Crippen molar-refractivity contribution in [3.8, 4) is 11.5 Å².